The number of benzene rings is 1. The predicted octanol–water partition coefficient (Wildman–Crippen LogP) is 2.58. The number of amides is 1. The van der Waals surface area contributed by atoms with E-state index in [2.05, 4.69) is 5.32 Å². The maximum absolute atomic E-state index is 13.1. The second kappa shape index (κ2) is 9.47. The van der Waals surface area contributed by atoms with Crippen LogP contribution in [0.1, 0.15) is 57.1 Å². The van der Waals surface area contributed by atoms with Gasteiger partial charge in [0.25, 0.3) is 0 Å². The Morgan fingerprint density at radius 3 is 2.37 bits per heavy atom. The molecule has 0 radical (unpaired) electrons. The van der Waals surface area contributed by atoms with Gasteiger partial charge in [-0.2, -0.15) is 4.31 Å². The monoisotopic (exact) mass is 436 g/mol. The van der Waals surface area contributed by atoms with E-state index in [1.54, 1.807) is 6.07 Å². The summed E-state index contributed by atoms with van der Waals surface area (Å²) in [4.78, 5) is 24.3. The number of hydrogen-bond acceptors (Lipinski definition) is 4. The zero-order chi connectivity index (χ0) is 21.9. The number of aryl methyl sites for hydroxylation is 2. The normalized spacial score (nSPS) is 19.3. The van der Waals surface area contributed by atoms with Crippen molar-refractivity contribution in [2.75, 3.05) is 13.1 Å². The smallest absolute Gasteiger partial charge is 0.326 e. The molecule has 1 aliphatic carbocycles. The molecule has 1 aromatic carbocycles. The van der Waals surface area contributed by atoms with E-state index in [0.717, 1.165) is 31.2 Å². The first kappa shape index (κ1) is 22.7. The lowest BCUT2D eigenvalue weighted by Gasteiger charge is -2.31. The van der Waals surface area contributed by atoms with Crippen LogP contribution in [0.25, 0.3) is 0 Å². The van der Waals surface area contributed by atoms with Gasteiger partial charge in [-0.05, 0) is 74.1 Å². The molecule has 3 rings (SSSR count). The fourth-order valence-corrected chi connectivity index (χ4v) is 5.88. The highest BCUT2D eigenvalue weighted by molar-refractivity contribution is 7.89. The Labute approximate surface area is 178 Å². The molecule has 0 aromatic heterocycles. The molecule has 1 aliphatic heterocycles. The highest BCUT2D eigenvalue weighted by Crippen LogP contribution is 2.28. The number of hydrogen-bond donors (Lipinski definition) is 2. The van der Waals surface area contributed by atoms with Gasteiger partial charge in [-0.1, -0.05) is 19.9 Å². The molecule has 0 bridgehead atoms. The quantitative estimate of drug-likeness (QED) is 0.684. The summed E-state index contributed by atoms with van der Waals surface area (Å²) in [5, 5.41) is 12.0. The van der Waals surface area contributed by atoms with Crippen molar-refractivity contribution in [2.45, 2.75) is 69.7 Å². The van der Waals surface area contributed by atoms with Crippen LogP contribution in [-0.2, 0) is 32.5 Å². The topological polar surface area (TPSA) is 104 Å². The Kier molecular flexibility index (Phi) is 7.18. The summed E-state index contributed by atoms with van der Waals surface area (Å²) in [6.45, 7) is 4.34. The average Bonchev–Trinajstić information content (AvgIpc) is 2.72. The van der Waals surface area contributed by atoms with Gasteiger partial charge in [0, 0.05) is 19.0 Å². The van der Waals surface area contributed by atoms with Crippen molar-refractivity contribution in [3.8, 4) is 0 Å². The van der Waals surface area contributed by atoms with E-state index in [4.69, 9.17) is 0 Å². The standard InChI is InChI=1S/C22H32N2O5S/c1-15(2)13-20(22(26)27)23-21(25)17-9-11-24(12-10-17)30(28,29)19-8-7-16-5-3-4-6-18(16)14-19/h7-8,14-15,17,20H,3-6,9-13H2,1-2H3,(H,23,25)(H,26,27)/t20-/m0/s1. The molecule has 1 aromatic rings. The maximum Gasteiger partial charge on any atom is 0.326 e. The van der Waals surface area contributed by atoms with E-state index in [0.29, 0.717) is 24.2 Å². The third kappa shape index (κ3) is 5.21. The van der Waals surface area contributed by atoms with Gasteiger partial charge >= 0.3 is 5.97 Å². The number of sulfonamides is 1. The molecule has 1 amide bonds. The van der Waals surface area contributed by atoms with Crippen molar-refractivity contribution in [2.24, 2.45) is 11.8 Å². The van der Waals surface area contributed by atoms with Gasteiger partial charge < -0.3 is 10.4 Å². The van der Waals surface area contributed by atoms with Gasteiger partial charge in [-0.3, -0.25) is 4.79 Å². The summed E-state index contributed by atoms with van der Waals surface area (Å²) in [5.41, 5.74) is 2.37. The Morgan fingerprint density at radius 1 is 1.13 bits per heavy atom. The van der Waals surface area contributed by atoms with Crippen molar-refractivity contribution in [1.29, 1.82) is 0 Å². The molecular formula is C22H32N2O5S. The van der Waals surface area contributed by atoms with Crippen LogP contribution >= 0.6 is 0 Å². The van der Waals surface area contributed by atoms with Crippen LogP contribution in [0.15, 0.2) is 23.1 Å². The number of nitrogens with one attached hydrogen (secondary N) is 1. The van der Waals surface area contributed by atoms with Gasteiger partial charge in [-0.15, -0.1) is 0 Å². The summed E-state index contributed by atoms with van der Waals surface area (Å²) in [5.74, 6) is -1.55. The second-order valence-corrected chi connectivity index (χ2v) is 10.8. The molecule has 8 heteroatoms. The van der Waals surface area contributed by atoms with Gasteiger partial charge in [-0.25, -0.2) is 13.2 Å². The van der Waals surface area contributed by atoms with E-state index in [-0.39, 0.29) is 30.8 Å². The number of carbonyl (C=O) groups is 2. The molecule has 1 atom stereocenters. The summed E-state index contributed by atoms with van der Waals surface area (Å²) >= 11 is 0. The van der Waals surface area contributed by atoms with E-state index < -0.39 is 22.0 Å². The number of carbonyl (C=O) groups excluding carboxylic acids is 1. The van der Waals surface area contributed by atoms with E-state index in [9.17, 15) is 23.1 Å². The van der Waals surface area contributed by atoms with Crippen LogP contribution in [0.3, 0.4) is 0 Å². The molecule has 0 spiro atoms. The van der Waals surface area contributed by atoms with Gasteiger partial charge in [0.2, 0.25) is 15.9 Å². The molecule has 7 nitrogen and oxygen atoms in total. The highest BCUT2D eigenvalue weighted by atomic mass is 32.2. The fraction of sp³-hybridized carbons (Fsp3) is 0.636. The molecule has 0 unspecified atom stereocenters. The van der Waals surface area contributed by atoms with Crippen molar-refractivity contribution in [3.63, 3.8) is 0 Å². The number of fused-ring (bicyclic) bond motifs is 1. The van der Waals surface area contributed by atoms with Crippen molar-refractivity contribution >= 4 is 21.9 Å². The molecular weight excluding hydrogens is 404 g/mol. The molecule has 30 heavy (non-hydrogen) atoms. The lowest BCUT2D eigenvalue weighted by molar-refractivity contribution is -0.143. The van der Waals surface area contributed by atoms with E-state index in [1.807, 2.05) is 26.0 Å². The zero-order valence-corrected chi connectivity index (χ0v) is 18.6. The number of carboxylic acids is 1. The van der Waals surface area contributed by atoms with Crippen LogP contribution in [-0.4, -0.2) is 48.8 Å². The minimum atomic E-state index is -3.59. The molecule has 2 aliphatic rings. The zero-order valence-electron chi connectivity index (χ0n) is 17.8. The number of aliphatic carboxylic acids is 1. The Balaban J connectivity index is 1.61. The van der Waals surface area contributed by atoms with Crippen molar-refractivity contribution in [3.05, 3.63) is 29.3 Å². The third-order valence-corrected chi connectivity index (χ3v) is 8.00. The Bertz CT molecular complexity index is 889. The minimum Gasteiger partial charge on any atom is -0.480 e. The molecule has 1 saturated heterocycles. The highest BCUT2D eigenvalue weighted by Gasteiger charge is 2.34. The first-order valence-electron chi connectivity index (χ1n) is 10.8. The average molecular weight is 437 g/mol. The van der Waals surface area contributed by atoms with Crippen molar-refractivity contribution < 1.29 is 23.1 Å². The van der Waals surface area contributed by atoms with Crippen molar-refractivity contribution in [1.82, 2.24) is 9.62 Å². The summed E-state index contributed by atoms with van der Waals surface area (Å²) < 4.78 is 27.6. The van der Waals surface area contributed by atoms with Gasteiger partial charge in [0.05, 0.1) is 4.90 Å². The van der Waals surface area contributed by atoms with Crippen LogP contribution in [0, 0.1) is 11.8 Å². The first-order valence-corrected chi connectivity index (χ1v) is 12.3. The second-order valence-electron chi connectivity index (χ2n) is 8.84. The summed E-state index contributed by atoms with van der Waals surface area (Å²) in [6.07, 6.45) is 5.31. The Hall–Kier alpha value is -1.93. The first-order chi connectivity index (χ1) is 14.2. The number of carboxylic acid groups (broad SMARTS) is 1. The third-order valence-electron chi connectivity index (χ3n) is 6.10. The van der Waals surface area contributed by atoms with Gasteiger partial charge in [0.15, 0.2) is 0 Å². The number of rotatable bonds is 7. The number of nitrogens with zero attached hydrogens (tertiary/aromatic N) is 1. The minimum absolute atomic E-state index is 0.148. The molecule has 1 heterocycles. The van der Waals surface area contributed by atoms with E-state index >= 15 is 0 Å². The van der Waals surface area contributed by atoms with Crippen LogP contribution in [0.5, 0.6) is 0 Å². The van der Waals surface area contributed by atoms with E-state index in [1.165, 1.54) is 9.87 Å². The fourth-order valence-electron chi connectivity index (χ4n) is 4.36. The lowest BCUT2D eigenvalue weighted by atomic mass is 9.92. The lowest BCUT2D eigenvalue weighted by Crippen LogP contribution is -2.47. The predicted molar refractivity (Wildman–Crippen MR) is 114 cm³/mol. The molecule has 0 saturated carbocycles. The number of piperidine rings is 1. The van der Waals surface area contributed by atoms with Gasteiger partial charge in [0.1, 0.15) is 6.04 Å². The molecule has 2 N–H and O–H groups in total. The van der Waals surface area contributed by atoms with Crippen LogP contribution in [0.4, 0.5) is 0 Å². The summed E-state index contributed by atoms with van der Waals surface area (Å²) in [6, 6.07) is 4.53. The summed E-state index contributed by atoms with van der Waals surface area (Å²) in [7, 11) is -3.59. The van der Waals surface area contributed by atoms with Crippen LogP contribution < -0.4 is 5.32 Å². The Morgan fingerprint density at radius 2 is 1.77 bits per heavy atom. The maximum atomic E-state index is 13.1. The molecule has 1 fully saturated rings. The van der Waals surface area contributed by atoms with Crippen LogP contribution in [0.2, 0.25) is 0 Å². The SMILES string of the molecule is CC(C)C[C@H](NC(=O)C1CCN(S(=O)(=O)c2ccc3c(c2)CCCC3)CC1)C(=O)O. The largest absolute Gasteiger partial charge is 0.480 e. The molecule has 166 valence electrons.